The molecule has 0 aliphatic carbocycles. The van der Waals surface area contributed by atoms with Gasteiger partial charge in [0.15, 0.2) is 0 Å². The van der Waals surface area contributed by atoms with Crippen molar-refractivity contribution < 1.29 is 9.18 Å². The van der Waals surface area contributed by atoms with E-state index < -0.39 is 11.7 Å². The third-order valence-electron chi connectivity index (χ3n) is 6.09. The van der Waals surface area contributed by atoms with Gasteiger partial charge in [-0.05, 0) is 24.6 Å². The number of aromatic nitrogens is 2. The number of thioether (sulfide) groups is 1. The van der Waals surface area contributed by atoms with Crippen LogP contribution < -0.4 is 10.2 Å². The second kappa shape index (κ2) is 9.93. The topological polar surface area (TPSA) is 61.4 Å². The van der Waals surface area contributed by atoms with Crippen molar-refractivity contribution in [1.29, 1.82) is 0 Å². The minimum Gasteiger partial charge on any atom is -0.353 e. The van der Waals surface area contributed by atoms with E-state index in [9.17, 15) is 9.18 Å². The van der Waals surface area contributed by atoms with Crippen LogP contribution in [0.4, 0.5) is 10.2 Å². The zero-order valence-corrected chi connectivity index (χ0v) is 20.2. The normalized spacial score (nSPS) is 19.4. The molecular formula is C23H29ClFN5OS. The quantitative estimate of drug-likeness (QED) is 0.678. The summed E-state index contributed by atoms with van der Waals surface area (Å²) in [6, 6.07) is 4.87. The number of carbonyl (C=O) groups is 1. The number of anilines is 1. The summed E-state index contributed by atoms with van der Waals surface area (Å²) in [7, 11) is 0. The summed E-state index contributed by atoms with van der Waals surface area (Å²) in [5, 5.41) is 3.78. The Morgan fingerprint density at radius 3 is 2.72 bits per heavy atom. The molecule has 3 heterocycles. The van der Waals surface area contributed by atoms with Gasteiger partial charge in [0.05, 0.1) is 16.6 Å². The summed E-state index contributed by atoms with van der Waals surface area (Å²) < 4.78 is 14.1. The molecule has 1 saturated heterocycles. The number of benzene rings is 1. The van der Waals surface area contributed by atoms with Crippen LogP contribution in [0.3, 0.4) is 0 Å². The summed E-state index contributed by atoms with van der Waals surface area (Å²) >= 11 is 7.74. The molecule has 6 nitrogen and oxygen atoms in total. The number of fused-ring (bicyclic) bond motifs is 1. The van der Waals surface area contributed by atoms with E-state index >= 15 is 0 Å². The molecule has 0 spiro atoms. The van der Waals surface area contributed by atoms with Gasteiger partial charge in [0, 0.05) is 55.3 Å². The molecule has 32 heavy (non-hydrogen) atoms. The number of halogens is 2. The van der Waals surface area contributed by atoms with Crippen LogP contribution >= 0.6 is 23.4 Å². The summed E-state index contributed by atoms with van der Waals surface area (Å²) in [5.74, 6) is 0.970. The third kappa shape index (κ3) is 4.87. The largest absolute Gasteiger partial charge is 0.353 e. The lowest BCUT2D eigenvalue weighted by molar-refractivity contribution is -0.133. The van der Waals surface area contributed by atoms with E-state index in [0.717, 1.165) is 17.3 Å². The Labute approximate surface area is 197 Å². The first kappa shape index (κ1) is 23.3. The Hall–Kier alpha value is -1.90. The highest BCUT2D eigenvalue weighted by atomic mass is 35.5. The Balaban J connectivity index is 1.48. The van der Waals surface area contributed by atoms with Gasteiger partial charge >= 0.3 is 0 Å². The maximum Gasteiger partial charge on any atom is 0.231 e. The maximum absolute atomic E-state index is 14.1. The molecule has 2 atom stereocenters. The molecule has 1 N–H and O–H groups in total. The van der Waals surface area contributed by atoms with E-state index in [1.807, 2.05) is 30.5 Å². The summed E-state index contributed by atoms with van der Waals surface area (Å²) in [6.07, 6.45) is 1.65. The predicted octanol–water partition coefficient (Wildman–Crippen LogP) is 4.01. The zero-order chi connectivity index (χ0) is 22.8. The molecule has 0 bridgehead atoms. The summed E-state index contributed by atoms with van der Waals surface area (Å²) in [5.41, 5.74) is 3.00. The molecule has 9 heteroatoms. The second-order valence-corrected chi connectivity index (χ2v) is 10.3. The van der Waals surface area contributed by atoms with Gasteiger partial charge in [0.25, 0.3) is 0 Å². The first-order valence-electron chi connectivity index (χ1n) is 11.0. The molecule has 1 aromatic heterocycles. The number of rotatable bonds is 6. The van der Waals surface area contributed by atoms with Gasteiger partial charge in [-0.3, -0.25) is 4.79 Å². The van der Waals surface area contributed by atoms with E-state index in [0.29, 0.717) is 43.5 Å². The molecule has 0 saturated carbocycles. The fraction of sp³-hybridized carbons (Fsp3) is 0.522. The molecule has 4 rings (SSSR count). The lowest BCUT2D eigenvalue weighted by Gasteiger charge is -2.38. The average molecular weight is 478 g/mol. The van der Waals surface area contributed by atoms with Crippen LogP contribution in [-0.4, -0.2) is 59.5 Å². The number of nitrogens with one attached hydrogen (secondary N) is 1. The third-order valence-corrected chi connectivity index (χ3v) is 7.57. The van der Waals surface area contributed by atoms with Crippen molar-refractivity contribution in [3.05, 3.63) is 52.2 Å². The van der Waals surface area contributed by atoms with Crippen LogP contribution in [0.2, 0.25) is 5.02 Å². The van der Waals surface area contributed by atoms with Gasteiger partial charge in [-0.15, -0.1) is 11.8 Å². The van der Waals surface area contributed by atoms with Crippen molar-refractivity contribution >= 4 is 35.1 Å². The van der Waals surface area contributed by atoms with E-state index in [4.69, 9.17) is 11.6 Å². The monoisotopic (exact) mass is 477 g/mol. The molecule has 2 aliphatic rings. The van der Waals surface area contributed by atoms with E-state index in [2.05, 4.69) is 27.1 Å². The molecule has 1 unspecified atom stereocenters. The van der Waals surface area contributed by atoms with Crippen LogP contribution in [0.1, 0.15) is 48.8 Å². The summed E-state index contributed by atoms with van der Waals surface area (Å²) in [4.78, 5) is 26.6. The number of hydrogen-bond donors (Lipinski definition) is 1. The highest BCUT2D eigenvalue weighted by molar-refractivity contribution is 7.99. The first-order valence-corrected chi connectivity index (χ1v) is 12.4. The minimum absolute atomic E-state index is 0.0105. The van der Waals surface area contributed by atoms with Crippen molar-refractivity contribution in [2.75, 3.05) is 37.6 Å². The van der Waals surface area contributed by atoms with Crippen molar-refractivity contribution in [1.82, 2.24) is 20.2 Å². The van der Waals surface area contributed by atoms with Crippen molar-refractivity contribution in [3.63, 3.8) is 0 Å². The van der Waals surface area contributed by atoms with Gasteiger partial charge in [0.1, 0.15) is 18.0 Å². The fourth-order valence-electron chi connectivity index (χ4n) is 4.28. The molecular weight excluding hydrogens is 449 g/mol. The van der Waals surface area contributed by atoms with E-state index in [1.165, 1.54) is 17.7 Å². The molecule has 2 aromatic rings. The number of amides is 1. The van der Waals surface area contributed by atoms with Gasteiger partial charge in [0.2, 0.25) is 5.91 Å². The minimum atomic E-state index is -0.499. The van der Waals surface area contributed by atoms with Crippen molar-refractivity contribution in [3.8, 4) is 0 Å². The molecule has 1 fully saturated rings. The van der Waals surface area contributed by atoms with Crippen LogP contribution in [0.5, 0.6) is 0 Å². The fourth-order valence-corrected chi connectivity index (χ4v) is 5.45. The Bertz CT molecular complexity index is 983. The average Bonchev–Trinajstić information content (AvgIpc) is 3.17. The Morgan fingerprint density at radius 1 is 1.28 bits per heavy atom. The summed E-state index contributed by atoms with van der Waals surface area (Å²) in [6.45, 7) is 9.34. The highest BCUT2D eigenvalue weighted by Gasteiger charge is 2.32. The standard InChI is InChI=1S/C23H29ClFN5OS/c1-14(2)26-11-17(16-4-5-18(24)19(25)10-16)23(31)30-8-6-29(7-9-30)22-21-15(3)32-12-20(21)27-13-28-22/h4-5,10,13-15,17,26H,6-9,11-12H2,1-3H3/t15-,17?/m0/s1. The van der Waals surface area contributed by atoms with Gasteiger partial charge in [-0.25, -0.2) is 14.4 Å². The maximum atomic E-state index is 14.1. The lowest BCUT2D eigenvalue weighted by atomic mass is 9.96. The molecule has 0 radical (unpaired) electrons. The van der Waals surface area contributed by atoms with E-state index in [1.54, 1.807) is 12.4 Å². The van der Waals surface area contributed by atoms with Crippen molar-refractivity contribution in [2.24, 2.45) is 0 Å². The number of piperazine rings is 1. The number of carbonyl (C=O) groups excluding carboxylic acids is 1. The Kier molecular flexibility index (Phi) is 7.22. The van der Waals surface area contributed by atoms with Gasteiger partial charge in [-0.1, -0.05) is 31.5 Å². The predicted molar refractivity (Wildman–Crippen MR) is 128 cm³/mol. The molecule has 1 aromatic carbocycles. The lowest BCUT2D eigenvalue weighted by Crippen LogP contribution is -2.51. The highest BCUT2D eigenvalue weighted by Crippen LogP contribution is 2.44. The Morgan fingerprint density at radius 2 is 2.03 bits per heavy atom. The van der Waals surface area contributed by atoms with Crippen molar-refractivity contribution in [2.45, 2.75) is 43.7 Å². The second-order valence-electron chi connectivity index (χ2n) is 8.61. The molecule has 172 valence electrons. The van der Waals surface area contributed by atoms with E-state index in [-0.39, 0.29) is 17.0 Å². The van der Waals surface area contributed by atoms with Gasteiger partial charge in [-0.2, -0.15) is 0 Å². The molecule has 1 amide bonds. The van der Waals surface area contributed by atoms with Gasteiger partial charge < -0.3 is 15.1 Å². The smallest absolute Gasteiger partial charge is 0.231 e. The number of nitrogens with zero attached hydrogens (tertiary/aromatic N) is 4. The number of hydrogen-bond acceptors (Lipinski definition) is 6. The van der Waals surface area contributed by atoms with Crippen LogP contribution in [0.15, 0.2) is 24.5 Å². The SMILES string of the molecule is CC(C)NCC(C(=O)N1CCN(c2ncnc3c2[C@H](C)SC3)CC1)c1ccc(Cl)c(F)c1. The van der Waals surface area contributed by atoms with Crippen LogP contribution in [0.25, 0.3) is 0 Å². The zero-order valence-electron chi connectivity index (χ0n) is 18.6. The first-order chi connectivity index (χ1) is 15.3. The van der Waals surface area contributed by atoms with Crippen LogP contribution in [0, 0.1) is 5.82 Å². The van der Waals surface area contributed by atoms with Crippen LogP contribution in [-0.2, 0) is 10.5 Å². The molecule has 2 aliphatic heterocycles.